The molecule has 0 radical (unpaired) electrons. The lowest BCUT2D eigenvalue weighted by Gasteiger charge is -2.36. The molecule has 2 amide bonds. The van der Waals surface area contributed by atoms with E-state index < -0.39 is 39.5 Å². The topological polar surface area (TPSA) is 100 Å². The van der Waals surface area contributed by atoms with Crippen molar-refractivity contribution in [1.29, 1.82) is 0 Å². The van der Waals surface area contributed by atoms with Crippen LogP contribution in [-0.4, -0.2) is 46.4 Å². The van der Waals surface area contributed by atoms with Crippen LogP contribution in [0.5, 0.6) is 0 Å². The van der Waals surface area contributed by atoms with Crippen LogP contribution >= 0.6 is 0 Å². The standard InChI is InChI=1S/C21H19F3N6O3S/c22-14-8-13(9-15(23)20(14)24)27-21(31)28-11-19-17(30-6-3-7-34(30,32)33)10-26-29(19)12-18(28)16-4-1-2-5-25-16/h1-2,4-5,8-10,18H,3,6-7,11-12H2,(H,27,31)/t18-/m1/s1. The van der Waals surface area contributed by atoms with Gasteiger partial charge in [-0.2, -0.15) is 5.10 Å². The summed E-state index contributed by atoms with van der Waals surface area (Å²) in [6, 6.07) is 5.24. The summed E-state index contributed by atoms with van der Waals surface area (Å²) in [7, 11) is -3.48. The summed E-state index contributed by atoms with van der Waals surface area (Å²) in [5, 5.41) is 6.74. The van der Waals surface area contributed by atoms with Gasteiger partial charge >= 0.3 is 6.03 Å². The second-order valence-electron chi connectivity index (χ2n) is 7.98. The van der Waals surface area contributed by atoms with E-state index in [1.165, 1.54) is 15.4 Å². The lowest BCUT2D eigenvalue weighted by molar-refractivity contribution is 0.152. The molecule has 0 saturated carbocycles. The zero-order valence-corrected chi connectivity index (χ0v) is 18.5. The Kier molecular flexibility index (Phi) is 5.42. The number of hydrogen-bond acceptors (Lipinski definition) is 5. The number of aromatic nitrogens is 3. The molecule has 2 aliphatic rings. The molecule has 178 valence electrons. The zero-order valence-electron chi connectivity index (χ0n) is 17.7. The van der Waals surface area contributed by atoms with Crippen LogP contribution in [0.4, 0.5) is 29.3 Å². The van der Waals surface area contributed by atoms with E-state index in [0.717, 1.165) is 0 Å². The van der Waals surface area contributed by atoms with Crippen molar-refractivity contribution >= 4 is 27.4 Å². The monoisotopic (exact) mass is 492 g/mol. The van der Waals surface area contributed by atoms with Gasteiger partial charge in [0, 0.05) is 30.6 Å². The first-order chi connectivity index (χ1) is 16.2. The molecular formula is C21H19F3N6O3S. The lowest BCUT2D eigenvalue weighted by Crippen LogP contribution is -2.44. The van der Waals surface area contributed by atoms with E-state index >= 15 is 0 Å². The first-order valence-corrected chi connectivity index (χ1v) is 12.0. The number of carbonyl (C=O) groups excluding carboxylic acids is 1. The van der Waals surface area contributed by atoms with Crippen LogP contribution in [0.2, 0.25) is 0 Å². The SMILES string of the molecule is O=C(Nc1cc(F)c(F)c(F)c1)N1Cc2c(N3CCCS3(=O)=O)cnn2C[C@@H]1c1ccccn1. The van der Waals surface area contributed by atoms with Crippen molar-refractivity contribution in [2.45, 2.75) is 25.6 Å². The molecule has 1 N–H and O–H groups in total. The number of benzene rings is 1. The Balaban J connectivity index is 1.51. The highest BCUT2D eigenvalue weighted by Gasteiger charge is 2.38. The third-order valence-electron chi connectivity index (χ3n) is 5.86. The van der Waals surface area contributed by atoms with Crippen LogP contribution in [-0.2, 0) is 23.1 Å². The van der Waals surface area contributed by atoms with Gasteiger partial charge in [-0.15, -0.1) is 0 Å². The summed E-state index contributed by atoms with van der Waals surface area (Å²) >= 11 is 0. The summed E-state index contributed by atoms with van der Waals surface area (Å²) in [5.41, 5.74) is 1.17. The highest BCUT2D eigenvalue weighted by atomic mass is 32.2. The Labute approximate surface area is 192 Å². The third-order valence-corrected chi connectivity index (χ3v) is 7.72. The highest BCUT2D eigenvalue weighted by molar-refractivity contribution is 7.93. The van der Waals surface area contributed by atoms with Crippen LogP contribution in [0.25, 0.3) is 0 Å². The maximum absolute atomic E-state index is 13.7. The molecule has 0 aliphatic carbocycles. The van der Waals surface area contributed by atoms with Gasteiger partial charge in [0.2, 0.25) is 10.0 Å². The second kappa shape index (κ2) is 8.31. The predicted molar refractivity (Wildman–Crippen MR) is 116 cm³/mol. The quantitative estimate of drug-likeness (QED) is 0.567. The summed E-state index contributed by atoms with van der Waals surface area (Å²) in [4.78, 5) is 18.9. The fraction of sp³-hybridized carbons (Fsp3) is 0.286. The lowest BCUT2D eigenvalue weighted by atomic mass is 10.1. The number of carbonyl (C=O) groups is 1. The molecule has 34 heavy (non-hydrogen) atoms. The van der Waals surface area contributed by atoms with E-state index in [1.54, 1.807) is 29.1 Å². The Morgan fingerprint density at radius 1 is 1.15 bits per heavy atom. The molecule has 1 atom stereocenters. The fourth-order valence-corrected chi connectivity index (χ4v) is 5.81. The van der Waals surface area contributed by atoms with Gasteiger partial charge < -0.3 is 10.2 Å². The Morgan fingerprint density at radius 2 is 1.91 bits per heavy atom. The zero-order chi connectivity index (χ0) is 24.0. The number of anilines is 2. The number of nitrogens with one attached hydrogen (secondary N) is 1. The average molecular weight is 492 g/mol. The maximum atomic E-state index is 13.7. The smallest absolute Gasteiger partial charge is 0.308 e. The van der Waals surface area contributed by atoms with Crippen LogP contribution in [0.3, 0.4) is 0 Å². The maximum Gasteiger partial charge on any atom is 0.322 e. The minimum absolute atomic E-state index is 0.0279. The third kappa shape index (κ3) is 3.85. The molecular weight excluding hydrogens is 473 g/mol. The van der Waals surface area contributed by atoms with E-state index in [4.69, 9.17) is 0 Å². The number of hydrogen-bond donors (Lipinski definition) is 1. The first kappa shape index (κ1) is 22.2. The Hall–Kier alpha value is -3.61. The molecule has 9 nitrogen and oxygen atoms in total. The summed E-state index contributed by atoms with van der Waals surface area (Å²) in [6.07, 6.45) is 3.51. The van der Waals surface area contributed by atoms with Crippen molar-refractivity contribution in [3.05, 3.63) is 71.6 Å². The van der Waals surface area contributed by atoms with E-state index in [0.29, 0.717) is 42.2 Å². The van der Waals surface area contributed by atoms with Crippen molar-refractivity contribution in [3.63, 3.8) is 0 Å². The number of amides is 2. The van der Waals surface area contributed by atoms with Crippen LogP contribution in [0.15, 0.2) is 42.7 Å². The van der Waals surface area contributed by atoms with Gasteiger partial charge in [-0.25, -0.2) is 26.4 Å². The summed E-state index contributed by atoms with van der Waals surface area (Å²) in [5.74, 6) is -4.48. The van der Waals surface area contributed by atoms with Gasteiger partial charge in [0.15, 0.2) is 17.5 Å². The van der Waals surface area contributed by atoms with Gasteiger partial charge in [-0.1, -0.05) is 6.07 Å². The van der Waals surface area contributed by atoms with E-state index in [9.17, 15) is 26.4 Å². The Bertz CT molecular complexity index is 1340. The summed E-state index contributed by atoms with van der Waals surface area (Å²) < 4.78 is 68.5. The molecule has 0 unspecified atom stereocenters. The predicted octanol–water partition coefficient (Wildman–Crippen LogP) is 3.02. The molecule has 13 heteroatoms. The van der Waals surface area contributed by atoms with Gasteiger partial charge in [-0.3, -0.25) is 14.0 Å². The van der Waals surface area contributed by atoms with Crippen molar-refractivity contribution in [1.82, 2.24) is 19.7 Å². The highest BCUT2D eigenvalue weighted by Crippen LogP contribution is 2.35. The normalized spacial score (nSPS) is 19.2. The van der Waals surface area contributed by atoms with Gasteiger partial charge in [0.1, 0.15) is 0 Å². The van der Waals surface area contributed by atoms with Crippen molar-refractivity contribution in [2.75, 3.05) is 21.9 Å². The number of nitrogens with zero attached hydrogens (tertiary/aromatic N) is 5. The molecule has 3 aromatic rings. The van der Waals surface area contributed by atoms with Crippen molar-refractivity contribution in [3.8, 4) is 0 Å². The molecule has 2 aliphatic heterocycles. The molecule has 5 rings (SSSR count). The van der Waals surface area contributed by atoms with Crippen molar-refractivity contribution in [2.24, 2.45) is 0 Å². The number of halogens is 3. The molecule has 0 bridgehead atoms. The van der Waals surface area contributed by atoms with Crippen LogP contribution in [0.1, 0.15) is 23.9 Å². The first-order valence-electron chi connectivity index (χ1n) is 10.4. The average Bonchev–Trinajstić information content (AvgIpc) is 3.38. The number of pyridine rings is 1. The minimum Gasteiger partial charge on any atom is -0.308 e. The molecule has 4 heterocycles. The molecule has 0 spiro atoms. The molecule has 2 aromatic heterocycles. The van der Waals surface area contributed by atoms with Crippen LogP contribution in [0, 0.1) is 17.5 Å². The van der Waals surface area contributed by atoms with Crippen molar-refractivity contribution < 1.29 is 26.4 Å². The van der Waals surface area contributed by atoms with Crippen LogP contribution < -0.4 is 9.62 Å². The van der Waals surface area contributed by atoms with E-state index in [2.05, 4.69) is 15.4 Å². The number of fused-ring (bicyclic) bond motifs is 1. The van der Waals surface area contributed by atoms with Gasteiger partial charge in [-0.05, 0) is 18.6 Å². The van der Waals surface area contributed by atoms with Gasteiger partial charge in [0.25, 0.3) is 0 Å². The largest absolute Gasteiger partial charge is 0.322 e. The second-order valence-corrected chi connectivity index (χ2v) is 10.00. The molecule has 1 saturated heterocycles. The van der Waals surface area contributed by atoms with E-state index in [-0.39, 0.29) is 24.5 Å². The Morgan fingerprint density at radius 3 is 2.56 bits per heavy atom. The fourth-order valence-electron chi connectivity index (χ4n) is 4.24. The minimum atomic E-state index is -3.48. The summed E-state index contributed by atoms with van der Waals surface area (Å²) in [6.45, 7) is 0.450. The molecule has 1 aromatic carbocycles. The number of urea groups is 1. The van der Waals surface area contributed by atoms with Gasteiger partial charge in [0.05, 0.1) is 48.2 Å². The molecule has 1 fully saturated rings. The number of rotatable bonds is 3. The van der Waals surface area contributed by atoms with E-state index in [1.807, 2.05) is 0 Å². The number of sulfonamides is 1.